The standard InChI is InChI=1S/C17H21ClN2O/c1-3-10(2)19-17(21)11-4-6-15-13(8-11)14-9-12(18)5-7-16(14)20-15/h5,7,9-11,20H,3-4,6,8H2,1-2H3,(H,19,21). The fourth-order valence-corrected chi connectivity index (χ4v) is 3.25. The molecule has 1 aromatic heterocycles. The highest BCUT2D eigenvalue weighted by Crippen LogP contribution is 2.33. The number of nitrogens with one attached hydrogen (secondary N) is 2. The highest BCUT2D eigenvalue weighted by molar-refractivity contribution is 6.31. The Morgan fingerprint density at radius 2 is 2.33 bits per heavy atom. The van der Waals surface area contributed by atoms with Crippen LogP contribution in [-0.4, -0.2) is 16.9 Å². The number of H-pyrrole nitrogens is 1. The van der Waals surface area contributed by atoms with Crippen LogP contribution >= 0.6 is 11.6 Å². The molecule has 0 aliphatic heterocycles. The van der Waals surface area contributed by atoms with E-state index in [1.165, 1.54) is 16.6 Å². The second-order valence-corrected chi connectivity index (χ2v) is 6.47. The first-order chi connectivity index (χ1) is 10.1. The number of aromatic amines is 1. The minimum atomic E-state index is 0.0736. The van der Waals surface area contributed by atoms with Crippen molar-refractivity contribution in [3.05, 3.63) is 34.5 Å². The second kappa shape index (κ2) is 5.72. The lowest BCUT2D eigenvalue weighted by atomic mass is 9.85. The lowest BCUT2D eigenvalue weighted by Gasteiger charge is -2.23. The van der Waals surface area contributed by atoms with Crippen molar-refractivity contribution in [3.8, 4) is 0 Å². The summed E-state index contributed by atoms with van der Waals surface area (Å²) in [5.74, 6) is 0.260. The number of aromatic nitrogens is 1. The van der Waals surface area contributed by atoms with Gasteiger partial charge in [-0.05, 0) is 56.4 Å². The number of aryl methyl sites for hydroxylation is 1. The third-order valence-electron chi connectivity index (χ3n) is 4.52. The van der Waals surface area contributed by atoms with E-state index in [4.69, 9.17) is 11.6 Å². The molecule has 2 unspecified atom stereocenters. The zero-order valence-corrected chi connectivity index (χ0v) is 13.3. The molecule has 1 aliphatic carbocycles. The summed E-state index contributed by atoms with van der Waals surface area (Å²) in [5, 5.41) is 5.02. The number of carbonyl (C=O) groups is 1. The van der Waals surface area contributed by atoms with Crippen LogP contribution < -0.4 is 5.32 Å². The molecule has 21 heavy (non-hydrogen) atoms. The van der Waals surface area contributed by atoms with Crippen LogP contribution in [0.2, 0.25) is 5.02 Å². The van der Waals surface area contributed by atoms with Crippen LogP contribution in [0.25, 0.3) is 10.9 Å². The Hall–Kier alpha value is -1.48. The zero-order valence-electron chi connectivity index (χ0n) is 12.5. The van der Waals surface area contributed by atoms with E-state index in [0.29, 0.717) is 0 Å². The lowest BCUT2D eigenvalue weighted by molar-refractivity contribution is -0.125. The van der Waals surface area contributed by atoms with Gasteiger partial charge in [-0.2, -0.15) is 0 Å². The van der Waals surface area contributed by atoms with E-state index >= 15 is 0 Å². The summed E-state index contributed by atoms with van der Waals surface area (Å²) in [5.41, 5.74) is 3.65. The van der Waals surface area contributed by atoms with Gasteiger partial charge in [-0.15, -0.1) is 0 Å². The first-order valence-electron chi connectivity index (χ1n) is 7.67. The van der Waals surface area contributed by atoms with Crippen LogP contribution in [0.4, 0.5) is 0 Å². The molecule has 4 heteroatoms. The molecule has 2 atom stereocenters. The molecule has 2 N–H and O–H groups in total. The minimum absolute atomic E-state index is 0.0736. The molecule has 1 amide bonds. The Bertz CT molecular complexity index is 677. The highest BCUT2D eigenvalue weighted by atomic mass is 35.5. The maximum absolute atomic E-state index is 12.4. The summed E-state index contributed by atoms with van der Waals surface area (Å²) < 4.78 is 0. The summed E-state index contributed by atoms with van der Waals surface area (Å²) in [6.45, 7) is 4.14. The van der Waals surface area contributed by atoms with Crippen LogP contribution in [0.1, 0.15) is 37.9 Å². The average Bonchev–Trinajstić information content (AvgIpc) is 2.84. The molecule has 1 aliphatic rings. The molecule has 0 saturated carbocycles. The summed E-state index contributed by atoms with van der Waals surface area (Å²) in [6, 6.07) is 6.17. The topological polar surface area (TPSA) is 44.9 Å². The fraction of sp³-hybridized carbons (Fsp3) is 0.471. The quantitative estimate of drug-likeness (QED) is 0.889. The van der Waals surface area contributed by atoms with Gasteiger partial charge in [0.15, 0.2) is 0 Å². The molecule has 0 bridgehead atoms. The van der Waals surface area contributed by atoms with Crippen LogP contribution in [-0.2, 0) is 17.6 Å². The number of hydrogen-bond donors (Lipinski definition) is 2. The summed E-state index contributed by atoms with van der Waals surface area (Å²) in [7, 11) is 0. The van der Waals surface area contributed by atoms with Crippen molar-refractivity contribution in [3.63, 3.8) is 0 Å². The fourth-order valence-electron chi connectivity index (χ4n) is 3.08. The summed E-state index contributed by atoms with van der Waals surface area (Å²) in [6.07, 6.45) is 3.61. The predicted molar refractivity (Wildman–Crippen MR) is 86.7 cm³/mol. The van der Waals surface area contributed by atoms with Gasteiger partial charge in [0.1, 0.15) is 0 Å². The van der Waals surface area contributed by atoms with E-state index < -0.39 is 0 Å². The van der Waals surface area contributed by atoms with Crippen LogP contribution in [0.3, 0.4) is 0 Å². The number of fused-ring (bicyclic) bond motifs is 3. The highest BCUT2D eigenvalue weighted by Gasteiger charge is 2.27. The van der Waals surface area contributed by atoms with Gasteiger partial charge in [0.2, 0.25) is 5.91 Å². The third-order valence-corrected chi connectivity index (χ3v) is 4.76. The largest absolute Gasteiger partial charge is 0.358 e. The van der Waals surface area contributed by atoms with Crippen LogP contribution in [0.5, 0.6) is 0 Å². The van der Waals surface area contributed by atoms with Crippen LogP contribution in [0.15, 0.2) is 18.2 Å². The van der Waals surface area contributed by atoms with Gasteiger partial charge < -0.3 is 10.3 Å². The smallest absolute Gasteiger partial charge is 0.223 e. The molecule has 1 aromatic carbocycles. The molecule has 3 rings (SSSR count). The first-order valence-corrected chi connectivity index (χ1v) is 8.05. The normalized spacial score (nSPS) is 19.3. The summed E-state index contributed by atoms with van der Waals surface area (Å²) >= 11 is 6.11. The van der Waals surface area contributed by atoms with Gasteiger partial charge in [-0.1, -0.05) is 18.5 Å². The van der Waals surface area contributed by atoms with E-state index in [0.717, 1.165) is 36.2 Å². The number of rotatable bonds is 3. The van der Waals surface area contributed by atoms with Crippen molar-refractivity contribution < 1.29 is 4.79 Å². The molecular weight excluding hydrogens is 284 g/mol. The van der Waals surface area contributed by atoms with Gasteiger partial charge in [-0.25, -0.2) is 0 Å². The van der Waals surface area contributed by atoms with Crippen molar-refractivity contribution in [1.82, 2.24) is 10.3 Å². The van der Waals surface area contributed by atoms with Gasteiger partial charge in [0, 0.05) is 33.6 Å². The summed E-state index contributed by atoms with van der Waals surface area (Å²) in [4.78, 5) is 15.8. The number of hydrogen-bond acceptors (Lipinski definition) is 1. The van der Waals surface area contributed by atoms with Crippen molar-refractivity contribution in [2.24, 2.45) is 5.92 Å². The SMILES string of the molecule is CCC(C)NC(=O)C1CCc2[nH]c3ccc(Cl)cc3c2C1. The Labute approximate surface area is 130 Å². The van der Waals surface area contributed by atoms with Crippen LogP contribution in [0, 0.1) is 5.92 Å². The van der Waals surface area contributed by atoms with Gasteiger partial charge in [0.05, 0.1) is 0 Å². The maximum atomic E-state index is 12.4. The maximum Gasteiger partial charge on any atom is 0.223 e. The number of benzene rings is 1. The molecule has 3 nitrogen and oxygen atoms in total. The monoisotopic (exact) mass is 304 g/mol. The first kappa shape index (κ1) is 14.5. The average molecular weight is 305 g/mol. The molecule has 2 aromatic rings. The van der Waals surface area contributed by atoms with Gasteiger partial charge in [-0.3, -0.25) is 4.79 Å². The van der Waals surface area contributed by atoms with Crippen molar-refractivity contribution >= 4 is 28.4 Å². The molecule has 112 valence electrons. The number of carbonyl (C=O) groups excluding carboxylic acids is 1. The molecule has 0 radical (unpaired) electrons. The molecule has 0 fully saturated rings. The van der Waals surface area contributed by atoms with Gasteiger partial charge in [0.25, 0.3) is 0 Å². The van der Waals surface area contributed by atoms with E-state index in [1.807, 2.05) is 18.2 Å². The zero-order chi connectivity index (χ0) is 15.0. The molecule has 0 saturated heterocycles. The van der Waals surface area contributed by atoms with E-state index in [2.05, 4.69) is 24.1 Å². The Morgan fingerprint density at radius 1 is 1.52 bits per heavy atom. The number of amides is 1. The Morgan fingerprint density at radius 3 is 3.10 bits per heavy atom. The van der Waals surface area contributed by atoms with Crippen molar-refractivity contribution in [2.75, 3.05) is 0 Å². The van der Waals surface area contributed by atoms with Crippen molar-refractivity contribution in [1.29, 1.82) is 0 Å². The Kier molecular flexibility index (Phi) is 3.94. The van der Waals surface area contributed by atoms with E-state index in [9.17, 15) is 4.79 Å². The minimum Gasteiger partial charge on any atom is -0.358 e. The lowest BCUT2D eigenvalue weighted by Crippen LogP contribution is -2.38. The van der Waals surface area contributed by atoms with Crippen molar-refractivity contribution in [2.45, 2.75) is 45.6 Å². The molecular formula is C17H21ClN2O. The van der Waals surface area contributed by atoms with Gasteiger partial charge >= 0.3 is 0 Å². The second-order valence-electron chi connectivity index (χ2n) is 6.03. The Balaban J connectivity index is 1.86. The van der Waals surface area contributed by atoms with E-state index in [-0.39, 0.29) is 17.9 Å². The molecule has 0 spiro atoms. The predicted octanol–water partition coefficient (Wildman–Crippen LogP) is 3.84. The molecule has 1 heterocycles. The third kappa shape index (κ3) is 2.80. The van der Waals surface area contributed by atoms with E-state index in [1.54, 1.807) is 0 Å². The number of halogens is 1.